The molecule has 0 aliphatic carbocycles. The average Bonchev–Trinajstić information content (AvgIpc) is 2.34. The van der Waals surface area contributed by atoms with E-state index in [0.717, 1.165) is 16.1 Å². The molecule has 2 aromatic carbocycles. The van der Waals surface area contributed by atoms with Gasteiger partial charge in [0.1, 0.15) is 5.82 Å². The molecule has 4 heteroatoms. The van der Waals surface area contributed by atoms with E-state index in [2.05, 4.69) is 5.32 Å². The number of hydrogen-bond acceptors (Lipinski definition) is 1. The van der Waals surface area contributed by atoms with Crippen molar-refractivity contribution in [2.45, 2.75) is 13.1 Å². The Bertz CT molecular complexity index is 485. The minimum atomic E-state index is -0.208. The predicted octanol–water partition coefficient (Wildman–Crippen LogP) is 4.19. The molecule has 0 atom stereocenters. The first-order valence-corrected chi connectivity index (χ1v) is 5.82. The third kappa shape index (κ3) is 4.30. The first-order valence-electron chi connectivity index (χ1n) is 5.44. The molecule has 2 rings (SSSR count). The Balaban J connectivity index is 0.00000162. The molecule has 1 nitrogen and oxygen atoms in total. The van der Waals surface area contributed by atoms with Crippen LogP contribution < -0.4 is 5.32 Å². The largest absolute Gasteiger partial charge is 0.309 e. The van der Waals surface area contributed by atoms with Crippen LogP contribution in [0.5, 0.6) is 0 Å². The maximum atomic E-state index is 12.7. The van der Waals surface area contributed by atoms with Gasteiger partial charge in [0.05, 0.1) is 0 Å². The summed E-state index contributed by atoms with van der Waals surface area (Å²) in [6.45, 7) is 1.41. The van der Waals surface area contributed by atoms with Gasteiger partial charge in [-0.05, 0) is 29.3 Å². The zero-order chi connectivity index (χ0) is 12.1. The highest BCUT2D eigenvalue weighted by atomic mass is 35.5. The first-order chi connectivity index (χ1) is 8.25. The van der Waals surface area contributed by atoms with Crippen LogP contribution >= 0.6 is 24.0 Å². The summed E-state index contributed by atoms with van der Waals surface area (Å²) >= 11 is 6.04. The summed E-state index contributed by atoms with van der Waals surface area (Å²) in [5, 5.41) is 4.03. The zero-order valence-corrected chi connectivity index (χ0v) is 11.3. The van der Waals surface area contributed by atoms with Crippen molar-refractivity contribution >= 4 is 24.0 Å². The molecule has 0 saturated heterocycles. The summed E-state index contributed by atoms with van der Waals surface area (Å²) in [5.41, 5.74) is 2.12. The fourth-order valence-electron chi connectivity index (χ4n) is 1.59. The molecule has 0 fully saturated rings. The van der Waals surface area contributed by atoms with Crippen LogP contribution in [0.2, 0.25) is 5.02 Å². The van der Waals surface area contributed by atoms with Gasteiger partial charge in [-0.15, -0.1) is 12.4 Å². The summed E-state index contributed by atoms with van der Waals surface area (Å²) in [4.78, 5) is 0. The Morgan fingerprint density at radius 2 is 1.61 bits per heavy atom. The Morgan fingerprint density at radius 1 is 0.944 bits per heavy atom. The molecular weight excluding hydrogens is 272 g/mol. The van der Waals surface area contributed by atoms with Gasteiger partial charge in [-0.2, -0.15) is 0 Å². The van der Waals surface area contributed by atoms with Crippen LogP contribution in [-0.2, 0) is 13.1 Å². The van der Waals surface area contributed by atoms with E-state index in [1.54, 1.807) is 12.1 Å². The highest BCUT2D eigenvalue weighted by Gasteiger charge is 1.98. The van der Waals surface area contributed by atoms with Gasteiger partial charge in [-0.1, -0.05) is 41.9 Å². The van der Waals surface area contributed by atoms with Crippen LogP contribution in [0.4, 0.5) is 4.39 Å². The summed E-state index contributed by atoms with van der Waals surface area (Å²) < 4.78 is 12.7. The number of benzene rings is 2. The van der Waals surface area contributed by atoms with Crippen molar-refractivity contribution in [3.8, 4) is 0 Å². The maximum Gasteiger partial charge on any atom is 0.123 e. The molecule has 0 saturated carbocycles. The molecule has 0 aliphatic rings. The number of halogens is 3. The van der Waals surface area contributed by atoms with Gasteiger partial charge in [0, 0.05) is 18.1 Å². The third-order valence-corrected chi connectivity index (χ3v) is 2.88. The number of rotatable bonds is 4. The van der Waals surface area contributed by atoms with Gasteiger partial charge in [0.15, 0.2) is 0 Å². The topological polar surface area (TPSA) is 12.0 Å². The second-order valence-electron chi connectivity index (χ2n) is 3.82. The molecule has 2 aromatic rings. The van der Waals surface area contributed by atoms with Crippen LogP contribution in [0.15, 0.2) is 48.5 Å². The fraction of sp³-hybridized carbons (Fsp3) is 0.143. The Labute approximate surface area is 117 Å². The van der Waals surface area contributed by atoms with Crippen molar-refractivity contribution in [1.82, 2.24) is 5.32 Å². The average molecular weight is 286 g/mol. The zero-order valence-electron chi connectivity index (χ0n) is 9.70. The molecule has 0 bridgehead atoms. The molecule has 0 aliphatic heterocycles. The van der Waals surface area contributed by atoms with Crippen LogP contribution in [0.3, 0.4) is 0 Å². The van der Waals surface area contributed by atoms with Gasteiger partial charge >= 0.3 is 0 Å². The van der Waals surface area contributed by atoms with Crippen LogP contribution in [-0.4, -0.2) is 0 Å². The Hall–Kier alpha value is -1.09. The maximum absolute atomic E-state index is 12.7. The molecule has 0 heterocycles. The minimum absolute atomic E-state index is 0. The first kappa shape index (κ1) is 15.0. The Morgan fingerprint density at radius 3 is 2.28 bits per heavy atom. The highest BCUT2D eigenvalue weighted by Crippen LogP contribution is 2.14. The summed E-state index contributed by atoms with van der Waals surface area (Å²) in [6, 6.07) is 14.2. The van der Waals surface area contributed by atoms with E-state index >= 15 is 0 Å². The van der Waals surface area contributed by atoms with Crippen molar-refractivity contribution in [2.75, 3.05) is 0 Å². The monoisotopic (exact) mass is 285 g/mol. The molecule has 96 valence electrons. The van der Waals surface area contributed by atoms with Gasteiger partial charge in [0.2, 0.25) is 0 Å². The van der Waals surface area contributed by atoms with Crippen molar-refractivity contribution in [2.24, 2.45) is 0 Å². The third-order valence-electron chi connectivity index (χ3n) is 2.52. The predicted molar refractivity (Wildman–Crippen MR) is 75.6 cm³/mol. The number of hydrogen-bond donors (Lipinski definition) is 1. The van der Waals surface area contributed by atoms with Crippen molar-refractivity contribution in [3.63, 3.8) is 0 Å². The van der Waals surface area contributed by atoms with Crippen molar-refractivity contribution in [1.29, 1.82) is 0 Å². The van der Waals surface area contributed by atoms with E-state index in [1.807, 2.05) is 24.3 Å². The molecule has 0 unspecified atom stereocenters. The quantitative estimate of drug-likeness (QED) is 0.888. The number of nitrogens with one attached hydrogen (secondary N) is 1. The van der Waals surface area contributed by atoms with E-state index in [1.165, 1.54) is 12.1 Å². The summed E-state index contributed by atoms with van der Waals surface area (Å²) in [6.07, 6.45) is 0. The SMILES string of the molecule is Cl.Fc1ccc(CNCc2ccccc2Cl)cc1. The Kier molecular flexibility index (Phi) is 6.13. The summed E-state index contributed by atoms with van der Waals surface area (Å²) in [5.74, 6) is -0.208. The standard InChI is InChI=1S/C14H13ClFN.ClH/c15-14-4-2-1-3-12(14)10-17-9-11-5-7-13(16)8-6-11;/h1-8,17H,9-10H2;1H. The molecular formula is C14H14Cl2FN. The lowest BCUT2D eigenvalue weighted by Gasteiger charge is -2.06. The van der Waals surface area contributed by atoms with Crippen molar-refractivity contribution in [3.05, 3.63) is 70.5 Å². The van der Waals surface area contributed by atoms with Crippen LogP contribution in [0.1, 0.15) is 11.1 Å². The second-order valence-corrected chi connectivity index (χ2v) is 4.23. The van der Waals surface area contributed by atoms with Crippen LogP contribution in [0, 0.1) is 5.82 Å². The van der Waals surface area contributed by atoms with Crippen LogP contribution in [0.25, 0.3) is 0 Å². The van der Waals surface area contributed by atoms with E-state index in [4.69, 9.17) is 11.6 Å². The van der Waals surface area contributed by atoms with E-state index in [9.17, 15) is 4.39 Å². The smallest absolute Gasteiger partial charge is 0.123 e. The summed E-state index contributed by atoms with van der Waals surface area (Å²) in [7, 11) is 0. The van der Waals surface area contributed by atoms with Gasteiger partial charge in [0.25, 0.3) is 0 Å². The molecule has 18 heavy (non-hydrogen) atoms. The van der Waals surface area contributed by atoms with E-state index < -0.39 is 0 Å². The van der Waals surface area contributed by atoms with E-state index in [0.29, 0.717) is 13.1 Å². The lowest BCUT2D eigenvalue weighted by Crippen LogP contribution is -2.12. The van der Waals surface area contributed by atoms with E-state index in [-0.39, 0.29) is 18.2 Å². The molecule has 1 N–H and O–H groups in total. The fourth-order valence-corrected chi connectivity index (χ4v) is 1.79. The van der Waals surface area contributed by atoms with Gasteiger partial charge in [-0.3, -0.25) is 0 Å². The molecule has 0 radical (unpaired) electrons. The molecule has 0 aromatic heterocycles. The second kappa shape index (κ2) is 7.37. The van der Waals surface area contributed by atoms with Crippen molar-refractivity contribution < 1.29 is 4.39 Å². The lowest BCUT2D eigenvalue weighted by molar-refractivity contribution is 0.625. The lowest BCUT2D eigenvalue weighted by atomic mass is 10.2. The normalized spacial score (nSPS) is 9.89. The van der Waals surface area contributed by atoms with Gasteiger partial charge < -0.3 is 5.32 Å². The highest BCUT2D eigenvalue weighted by molar-refractivity contribution is 6.31. The minimum Gasteiger partial charge on any atom is -0.309 e. The molecule has 0 amide bonds. The molecule has 0 spiro atoms. The van der Waals surface area contributed by atoms with Gasteiger partial charge in [-0.25, -0.2) is 4.39 Å².